The van der Waals surface area contributed by atoms with Crippen LogP contribution in [0, 0.1) is 0 Å². The van der Waals surface area contributed by atoms with Crippen LogP contribution >= 0.6 is 0 Å². The van der Waals surface area contributed by atoms with Gasteiger partial charge in [-0.3, -0.25) is 4.79 Å². The number of nitrogens with zero attached hydrogens (tertiary/aromatic N) is 2. The van der Waals surface area contributed by atoms with Crippen molar-refractivity contribution in [2.75, 3.05) is 14.1 Å². The molecule has 0 aromatic carbocycles. The fraction of sp³-hybridized carbons (Fsp3) is 0.750. The van der Waals surface area contributed by atoms with Crippen molar-refractivity contribution in [3.8, 4) is 0 Å². The molecule has 3 aliphatic rings. The zero-order valence-corrected chi connectivity index (χ0v) is 18.2. The van der Waals surface area contributed by atoms with Gasteiger partial charge in [-0.2, -0.15) is 0 Å². The highest BCUT2D eigenvalue weighted by Gasteiger charge is 2.63. The van der Waals surface area contributed by atoms with E-state index in [9.17, 15) is 20.1 Å². The fourth-order valence-electron chi connectivity index (χ4n) is 4.83. The molecular weight excluding hydrogens is 422 g/mol. The van der Waals surface area contributed by atoms with Gasteiger partial charge in [0.05, 0.1) is 36.8 Å². The number of carbonyl (C=O) groups excluding carboxylic acids is 1. The van der Waals surface area contributed by atoms with Crippen molar-refractivity contribution in [3.05, 3.63) is 24.3 Å². The number of aliphatic hydroxyl groups is 3. The van der Waals surface area contributed by atoms with E-state index in [0.717, 1.165) is 0 Å². The largest absolute Gasteiger partial charge is 0.390 e. The van der Waals surface area contributed by atoms with Gasteiger partial charge in [-0.25, -0.2) is 9.97 Å². The summed E-state index contributed by atoms with van der Waals surface area (Å²) < 4.78 is 17.9. The molecule has 0 bridgehead atoms. The predicted octanol–water partition coefficient (Wildman–Crippen LogP) is -2.98. The van der Waals surface area contributed by atoms with Crippen LogP contribution in [0.2, 0.25) is 0 Å². The van der Waals surface area contributed by atoms with Crippen LogP contribution in [0.3, 0.4) is 0 Å². The molecule has 6 N–H and O–H groups in total. The van der Waals surface area contributed by atoms with E-state index in [1.54, 1.807) is 39.5 Å². The minimum absolute atomic E-state index is 0.0688. The van der Waals surface area contributed by atoms with Gasteiger partial charge >= 0.3 is 0 Å². The Hall–Kier alpha value is -1.77. The van der Waals surface area contributed by atoms with Crippen LogP contribution in [-0.4, -0.2) is 106 Å². The minimum atomic E-state index is -2.03. The number of hydrogen-bond donors (Lipinski definition) is 6. The van der Waals surface area contributed by atoms with Gasteiger partial charge in [0.25, 0.3) is 0 Å². The van der Waals surface area contributed by atoms with E-state index in [-0.39, 0.29) is 18.9 Å². The Kier molecular flexibility index (Phi) is 6.75. The molecule has 0 radical (unpaired) electrons. The summed E-state index contributed by atoms with van der Waals surface area (Å²) in [5.74, 6) is -2.07. The first kappa shape index (κ1) is 23.4. The molecule has 12 nitrogen and oxygen atoms in total. The Morgan fingerprint density at radius 2 is 1.81 bits per heavy atom. The number of ether oxygens (including phenoxy) is 3. The lowest BCUT2D eigenvalue weighted by Crippen LogP contribution is -2.79. The first-order valence-electron chi connectivity index (χ1n) is 10.8. The SMILES string of the molecule is CN[C@@H]1[C@H](O)[C@H](NC)C2O[C@]3(O)C(OC2[C@H]1O)O[C@H](C)C[C@H]3NC(=O)Cc1ncccn1. The van der Waals surface area contributed by atoms with Crippen molar-refractivity contribution >= 4 is 5.91 Å². The van der Waals surface area contributed by atoms with Crippen LogP contribution in [-0.2, 0) is 25.4 Å². The molecule has 178 valence electrons. The van der Waals surface area contributed by atoms with Gasteiger partial charge in [0, 0.05) is 12.4 Å². The second kappa shape index (κ2) is 9.23. The van der Waals surface area contributed by atoms with E-state index in [1.807, 2.05) is 0 Å². The molecule has 1 aliphatic carbocycles. The van der Waals surface area contributed by atoms with Gasteiger partial charge in [0.1, 0.15) is 24.1 Å². The molecule has 3 unspecified atom stereocenters. The van der Waals surface area contributed by atoms with E-state index in [1.165, 1.54) is 0 Å². The summed E-state index contributed by atoms with van der Waals surface area (Å²) in [5, 5.41) is 41.7. The summed E-state index contributed by atoms with van der Waals surface area (Å²) in [6.45, 7) is 1.79. The van der Waals surface area contributed by atoms with Gasteiger partial charge in [-0.15, -0.1) is 0 Å². The summed E-state index contributed by atoms with van der Waals surface area (Å²) in [6, 6.07) is -0.533. The first-order valence-corrected chi connectivity index (χ1v) is 10.8. The molecule has 2 aliphatic heterocycles. The number of aliphatic hydroxyl groups excluding tert-OH is 2. The molecule has 1 aromatic rings. The number of rotatable bonds is 5. The van der Waals surface area contributed by atoms with Crippen molar-refractivity contribution in [2.24, 2.45) is 0 Å². The van der Waals surface area contributed by atoms with Crippen molar-refractivity contribution in [1.82, 2.24) is 25.9 Å². The van der Waals surface area contributed by atoms with E-state index < -0.39 is 60.5 Å². The molecule has 12 heteroatoms. The molecule has 3 heterocycles. The average molecular weight is 453 g/mol. The van der Waals surface area contributed by atoms with Crippen LogP contribution in [0.15, 0.2) is 18.5 Å². The molecule has 10 atom stereocenters. The molecule has 1 amide bonds. The van der Waals surface area contributed by atoms with E-state index in [2.05, 4.69) is 25.9 Å². The van der Waals surface area contributed by atoms with Gasteiger partial charge < -0.3 is 45.5 Å². The topological polar surface area (TPSA) is 167 Å². The molecule has 4 rings (SSSR count). The Morgan fingerprint density at radius 1 is 1.12 bits per heavy atom. The number of fused-ring (bicyclic) bond motifs is 2. The molecule has 32 heavy (non-hydrogen) atoms. The van der Waals surface area contributed by atoms with Crippen molar-refractivity contribution in [2.45, 2.75) is 80.5 Å². The Morgan fingerprint density at radius 3 is 2.47 bits per heavy atom. The van der Waals surface area contributed by atoms with Crippen molar-refractivity contribution in [1.29, 1.82) is 0 Å². The van der Waals surface area contributed by atoms with E-state index in [4.69, 9.17) is 14.2 Å². The lowest BCUT2D eigenvalue weighted by molar-refractivity contribution is -0.449. The molecule has 0 spiro atoms. The molecular formula is C20H31N5O7. The lowest BCUT2D eigenvalue weighted by atomic mass is 9.79. The van der Waals surface area contributed by atoms with Crippen molar-refractivity contribution in [3.63, 3.8) is 0 Å². The maximum atomic E-state index is 12.7. The molecule has 3 fully saturated rings. The maximum absolute atomic E-state index is 12.7. The number of nitrogens with one attached hydrogen (secondary N) is 3. The molecule has 1 saturated carbocycles. The van der Waals surface area contributed by atoms with Gasteiger partial charge in [-0.05, 0) is 33.5 Å². The van der Waals surface area contributed by atoms with Gasteiger partial charge in [0.2, 0.25) is 18.0 Å². The van der Waals surface area contributed by atoms with E-state index >= 15 is 0 Å². The van der Waals surface area contributed by atoms with Crippen LogP contribution in [0.1, 0.15) is 19.2 Å². The van der Waals surface area contributed by atoms with E-state index in [0.29, 0.717) is 5.82 Å². The summed E-state index contributed by atoms with van der Waals surface area (Å²) in [5.41, 5.74) is 0. The predicted molar refractivity (Wildman–Crippen MR) is 109 cm³/mol. The van der Waals surface area contributed by atoms with Crippen LogP contribution < -0.4 is 16.0 Å². The highest BCUT2D eigenvalue weighted by molar-refractivity contribution is 5.78. The number of carbonyl (C=O) groups is 1. The number of hydrogen-bond acceptors (Lipinski definition) is 11. The number of likely N-dealkylation sites (N-methyl/N-ethyl adjacent to an activating group) is 2. The zero-order chi connectivity index (χ0) is 23.0. The van der Waals surface area contributed by atoms with Gasteiger partial charge in [0.15, 0.2) is 0 Å². The van der Waals surface area contributed by atoms with Crippen LogP contribution in [0.25, 0.3) is 0 Å². The summed E-state index contributed by atoms with van der Waals surface area (Å²) in [6.07, 6.45) is -2.22. The Labute approximate surface area is 185 Å². The minimum Gasteiger partial charge on any atom is -0.390 e. The second-order valence-corrected chi connectivity index (χ2v) is 8.52. The highest BCUT2D eigenvalue weighted by Crippen LogP contribution is 2.41. The third-order valence-electron chi connectivity index (χ3n) is 6.42. The van der Waals surface area contributed by atoms with Gasteiger partial charge in [-0.1, -0.05) is 0 Å². The molecule has 2 saturated heterocycles. The summed E-state index contributed by atoms with van der Waals surface area (Å²) >= 11 is 0. The third-order valence-corrected chi connectivity index (χ3v) is 6.42. The summed E-state index contributed by atoms with van der Waals surface area (Å²) in [7, 11) is 3.28. The second-order valence-electron chi connectivity index (χ2n) is 8.52. The quantitative estimate of drug-likeness (QED) is 0.269. The highest BCUT2D eigenvalue weighted by atomic mass is 16.8. The standard InChI is InChI=1S/C20H31N5O7/c1-9-7-10(25-12(26)8-11-23-5-4-6-24-11)20(29)19(30-9)31-18-16(28)13(21-2)15(27)14(22-3)17(18)32-20/h4-6,9-10,13-19,21-22,27-29H,7-8H2,1-3H3,(H,25,26)/t9-,10-,13-,14+,15+,16+,17?,18?,19?,20+/m1/s1. The Bertz CT molecular complexity index is 804. The first-order chi connectivity index (χ1) is 15.3. The zero-order valence-electron chi connectivity index (χ0n) is 18.2. The normalized spacial score (nSPS) is 43.8. The number of aromatic nitrogens is 2. The smallest absolute Gasteiger partial charge is 0.239 e. The third kappa shape index (κ3) is 4.13. The monoisotopic (exact) mass is 453 g/mol. The summed E-state index contributed by atoms with van der Waals surface area (Å²) in [4.78, 5) is 20.7. The lowest BCUT2D eigenvalue weighted by Gasteiger charge is -2.58. The van der Waals surface area contributed by atoms with Crippen LogP contribution in [0.4, 0.5) is 0 Å². The number of amides is 1. The fourth-order valence-corrected chi connectivity index (χ4v) is 4.83. The molecule has 1 aromatic heterocycles. The maximum Gasteiger partial charge on any atom is 0.239 e. The van der Waals surface area contributed by atoms with Crippen LogP contribution in [0.5, 0.6) is 0 Å². The van der Waals surface area contributed by atoms with Crippen molar-refractivity contribution < 1.29 is 34.3 Å². The average Bonchev–Trinajstić information content (AvgIpc) is 2.75. The Balaban J connectivity index is 1.56.